The fourth-order valence-corrected chi connectivity index (χ4v) is 1.10. The van der Waals surface area contributed by atoms with Crippen molar-refractivity contribution in [1.29, 1.82) is 0 Å². The number of rotatable bonds is 3. The zero-order valence-corrected chi connectivity index (χ0v) is 8.19. The quantitative estimate of drug-likeness (QED) is 0.610. The van der Waals surface area contributed by atoms with E-state index in [9.17, 15) is 23.3 Å². The summed E-state index contributed by atoms with van der Waals surface area (Å²) < 4.78 is 39.5. The van der Waals surface area contributed by atoms with Gasteiger partial charge in [0.2, 0.25) is 0 Å². The average molecular weight is 252 g/mol. The predicted octanol–water partition coefficient (Wildman–Crippen LogP) is 0.929. The summed E-state index contributed by atoms with van der Waals surface area (Å²) in [6.07, 6.45) is -4.39. The van der Waals surface area contributed by atoms with Crippen LogP contribution in [0.5, 0.6) is 5.75 Å². The Morgan fingerprint density at radius 3 is 2.53 bits per heavy atom. The first-order valence-electron chi connectivity index (χ1n) is 4.13. The number of pyridine rings is 1. The van der Waals surface area contributed by atoms with Crippen LogP contribution in [-0.4, -0.2) is 16.3 Å². The molecule has 0 radical (unpaired) electrons. The number of halogens is 3. The van der Waals surface area contributed by atoms with Gasteiger partial charge in [0.05, 0.1) is 0 Å². The summed E-state index contributed by atoms with van der Waals surface area (Å²) in [6.45, 7) is -0.444. The lowest BCUT2D eigenvalue weighted by atomic mass is 10.2. The van der Waals surface area contributed by atoms with Gasteiger partial charge >= 0.3 is 12.2 Å². The van der Waals surface area contributed by atoms with E-state index >= 15 is 0 Å². The van der Waals surface area contributed by atoms with Gasteiger partial charge in [0.1, 0.15) is 5.69 Å². The smallest absolute Gasteiger partial charge is 0.401 e. The van der Waals surface area contributed by atoms with Gasteiger partial charge in [0, 0.05) is 12.1 Å². The van der Waals surface area contributed by atoms with Crippen molar-refractivity contribution in [3.8, 4) is 5.75 Å². The molecule has 0 aliphatic rings. The molecule has 7 nitrogen and oxygen atoms in total. The highest BCUT2D eigenvalue weighted by Gasteiger charge is 2.34. The largest absolute Gasteiger partial charge is 0.573 e. The highest BCUT2D eigenvalue weighted by atomic mass is 19.4. The third-order valence-electron chi connectivity index (χ3n) is 1.77. The van der Waals surface area contributed by atoms with Crippen molar-refractivity contribution in [2.75, 3.05) is 5.73 Å². The van der Waals surface area contributed by atoms with Crippen LogP contribution < -0.4 is 16.2 Å². The van der Waals surface area contributed by atoms with E-state index in [1.807, 2.05) is 0 Å². The lowest BCUT2D eigenvalue weighted by molar-refractivity contribution is -0.388. The summed E-state index contributed by atoms with van der Waals surface area (Å²) in [7, 11) is 0. The van der Waals surface area contributed by atoms with Crippen LogP contribution >= 0.6 is 0 Å². The monoisotopic (exact) mass is 252 g/mol. The molecule has 1 heterocycles. The first-order valence-corrected chi connectivity index (χ1v) is 4.13. The fourth-order valence-electron chi connectivity index (χ4n) is 1.10. The second-order valence-corrected chi connectivity index (χ2v) is 2.85. The van der Waals surface area contributed by atoms with Gasteiger partial charge in [-0.25, -0.2) is 0 Å². The zero-order chi connectivity index (χ0) is 13.2. The van der Waals surface area contributed by atoms with E-state index < -0.39 is 35.1 Å². The molecule has 0 aliphatic carbocycles. The molecule has 0 aromatic carbocycles. The van der Waals surface area contributed by atoms with Gasteiger partial charge in [-0.05, 0) is 9.91 Å². The molecule has 0 bridgehead atoms. The standard InChI is InChI=1S/C7H7F3N4O3/c8-7(9,10)17-4-2-13-6(14(15)16)5(12)3(4)1-11/h2H,1,11-12H2. The number of hydrogen-bond acceptors (Lipinski definition) is 6. The summed E-state index contributed by atoms with van der Waals surface area (Å²) in [5.74, 6) is -1.51. The van der Waals surface area contributed by atoms with Gasteiger partial charge in [0.15, 0.2) is 11.9 Å². The molecule has 0 spiro atoms. The molecule has 94 valence electrons. The maximum atomic E-state index is 12.0. The van der Waals surface area contributed by atoms with Crippen molar-refractivity contribution in [3.05, 3.63) is 21.9 Å². The Labute approximate surface area is 92.3 Å². The summed E-state index contributed by atoms with van der Waals surface area (Å²) in [5, 5.41) is 10.4. The van der Waals surface area contributed by atoms with Crippen molar-refractivity contribution in [1.82, 2.24) is 4.98 Å². The van der Waals surface area contributed by atoms with Crippen LogP contribution in [0.4, 0.5) is 24.7 Å². The summed E-state index contributed by atoms with van der Waals surface area (Å²) >= 11 is 0. The fraction of sp³-hybridized carbons (Fsp3) is 0.286. The Bertz CT molecular complexity index is 449. The van der Waals surface area contributed by atoms with Crippen molar-refractivity contribution >= 4 is 11.5 Å². The topological polar surface area (TPSA) is 117 Å². The molecule has 1 aromatic heterocycles. The number of ether oxygens (including phenoxy) is 1. The lowest BCUT2D eigenvalue weighted by Gasteiger charge is -2.12. The molecule has 0 saturated carbocycles. The predicted molar refractivity (Wildman–Crippen MR) is 49.9 cm³/mol. The van der Waals surface area contributed by atoms with Gasteiger partial charge in [-0.15, -0.1) is 13.2 Å². The number of nitro groups is 1. The van der Waals surface area contributed by atoms with Crippen molar-refractivity contribution in [3.63, 3.8) is 0 Å². The SMILES string of the molecule is NCc1c(OC(F)(F)F)cnc([N+](=O)[O-])c1N. The number of nitrogens with zero attached hydrogens (tertiary/aromatic N) is 2. The number of alkyl halides is 3. The van der Waals surface area contributed by atoms with Gasteiger partial charge in [-0.3, -0.25) is 0 Å². The Kier molecular flexibility index (Phi) is 3.36. The first kappa shape index (κ1) is 13.0. The van der Waals surface area contributed by atoms with Crippen LogP contribution in [0.2, 0.25) is 0 Å². The highest BCUT2D eigenvalue weighted by Crippen LogP contribution is 2.33. The summed E-state index contributed by atoms with van der Waals surface area (Å²) in [6, 6.07) is 0. The highest BCUT2D eigenvalue weighted by molar-refractivity contribution is 5.63. The van der Waals surface area contributed by atoms with Crippen molar-refractivity contribution in [2.45, 2.75) is 12.9 Å². The van der Waals surface area contributed by atoms with Crippen molar-refractivity contribution < 1.29 is 22.8 Å². The molecular weight excluding hydrogens is 245 g/mol. The molecule has 1 rings (SSSR count). The summed E-state index contributed by atoms with van der Waals surface area (Å²) in [5.41, 5.74) is 9.59. The second kappa shape index (κ2) is 4.41. The van der Waals surface area contributed by atoms with Gasteiger partial charge in [-0.1, -0.05) is 0 Å². The normalized spacial score (nSPS) is 11.3. The molecule has 0 unspecified atom stereocenters. The molecule has 17 heavy (non-hydrogen) atoms. The molecule has 0 saturated heterocycles. The van der Waals surface area contributed by atoms with Crippen LogP contribution in [0.25, 0.3) is 0 Å². The number of nitrogens with two attached hydrogens (primary N) is 2. The molecule has 1 aromatic rings. The number of hydrogen-bond donors (Lipinski definition) is 2. The van der Waals surface area contributed by atoms with E-state index in [0.717, 1.165) is 0 Å². The van der Waals surface area contributed by atoms with Gasteiger partial charge in [0.25, 0.3) is 0 Å². The Balaban J connectivity index is 3.26. The molecule has 0 amide bonds. The Morgan fingerprint density at radius 2 is 2.12 bits per heavy atom. The molecule has 0 atom stereocenters. The second-order valence-electron chi connectivity index (χ2n) is 2.85. The van der Waals surface area contributed by atoms with Crippen LogP contribution in [0.1, 0.15) is 5.56 Å². The minimum absolute atomic E-state index is 0.316. The third-order valence-corrected chi connectivity index (χ3v) is 1.77. The Hall–Kier alpha value is -2.10. The maximum absolute atomic E-state index is 12.0. The van der Waals surface area contributed by atoms with E-state index in [1.54, 1.807) is 0 Å². The van der Waals surface area contributed by atoms with Crippen LogP contribution in [0, 0.1) is 10.1 Å². The maximum Gasteiger partial charge on any atom is 0.573 e. The number of nitrogen functional groups attached to an aromatic ring is 1. The van der Waals surface area contributed by atoms with E-state index in [0.29, 0.717) is 6.20 Å². The third kappa shape index (κ3) is 2.93. The minimum Gasteiger partial charge on any atom is -0.401 e. The van der Waals surface area contributed by atoms with Gasteiger partial charge in [-0.2, -0.15) is 0 Å². The first-order chi connectivity index (χ1) is 7.76. The number of anilines is 1. The molecule has 10 heteroatoms. The van der Waals surface area contributed by atoms with Gasteiger partial charge < -0.3 is 26.3 Å². The minimum atomic E-state index is -4.95. The molecule has 0 aliphatic heterocycles. The van der Waals surface area contributed by atoms with Crippen LogP contribution in [0.3, 0.4) is 0 Å². The molecule has 0 fully saturated rings. The number of aromatic nitrogens is 1. The zero-order valence-electron chi connectivity index (χ0n) is 8.19. The lowest BCUT2D eigenvalue weighted by Crippen LogP contribution is -2.20. The van der Waals surface area contributed by atoms with E-state index in [2.05, 4.69) is 9.72 Å². The van der Waals surface area contributed by atoms with E-state index in [1.165, 1.54) is 0 Å². The van der Waals surface area contributed by atoms with E-state index in [-0.39, 0.29) is 5.56 Å². The van der Waals surface area contributed by atoms with Crippen LogP contribution in [0.15, 0.2) is 6.20 Å². The average Bonchev–Trinajstić information content (AvgIpc) is 2.15. The van der Waals surface area contributed by atoms with Crippen molar-refractivity contribution in [2.24, 2.45) is 5.73 Å². The Morgan fingerprint density at radius 1 is 1.53 bits per heavy atom. The van der Waals surface area contributed by atoms with Crippen LogP contribution in [-0.2, 0) is 6.54 Å². The van der Waals surface area contributed by atoms with E-state index in [4.69, 9.17) is 11.5 Å². The molecule has 4 N–H and O–H groups in total. The summed E-state index contributed by atoms with van der Waals surface area (Å²) in [4.78, 5) is 12.7. The molecular formula is C7H7F3N4O3.